The van der Waals surface area contributed by atoms with Crippen molar-refractivity contribution in [1.82, 2.24) is 10.6 Å². The molecule has 166 valence electrons. The molecule has 0 amide bonds. The van der Waals surface area contributed by atoms with Gasteiger partial charge in [0.2, 0.25) is 0 Å². The van der Waals surface area contributed by atoms with Gasteiger partial charge in [0.1, 0.15) is 13.1 Å². The first-order chi connectivity index (χ1) is 13.0. The zero-order valence-electron chi connectivity index (χ0n) is 14.7. The molecule has 0 rings (SSSR count). The lowest BCUT2D eigenvalue weighted by Gasteiger charge is -2.18. The monoisotopic (exact) mass is 426 g/mol. The molecule has 17 nitrogen and oxygen atoms in total. The van der Waals surface area contributed by atoms with E-state index in [2.05, 4.69) is 10.6 Å². The van der Waals surface area contributed by atoms with Gasteiger partial charge in [0.15, 0.2) is 17.5 Å². The largest absolute Gasteiger partial charge is 0.481 e. The molecule has 0 aliphatic carbocycles. The fourth-order valence-electron chi connectivity index (χ4n) is 1.06. The van der Waals surface area contributed by atoms with E-state index in [0.29, 0.717) is 0 Å². The van der Waals surface area contributed by atoms with E-state index in [1.807, 2.05) is 0 Å². The minimum atomic E-state index is -2.74. The highest BCUT2D eigenvalue weighted by Gasteiger charge is 2.40. The molecule has 0 spiro atoms. The molecule has 17 heteroatoms. The second-order valence-electron chi connectivity index (χ2n) is 4.80. The number of hydrogen-bond acceptors (Lipinski definition) is 8. The molecule has 0 aromatic rings. The summed E-state index contributed by atoms with van der Waals surface area (Å²) < 4.78 is 0. The van der Waals surface area contributed by atoms with Crippen LogP contribution in [0.15, 0.2) is 0 Å². The number of guanidine groups is 2. The number of hydrogen-bond donors (Lipinski definition) is 12. The second kappa shape index (κ2) is 15.0. The van der Waals surface area contributed by atoms with E-state index in [1.165, 1.54) is 0 Å². The lowest BCUT2D eigenvalue weighted by Crippen LogP contribution is -2.42. The van der Waals surface area contributed by atoms with E-state index in [4.69, 9.17) is 52.9 Å². The van der Waals surface area contributed by atoms with Crippen molar-refractivity contribution in [3.63, 3.8) is 0 Å². The fourth-order valence-corrected chi connectivity index (χ4v) is 1.06. The Hall–Kier alpha value is -4.15. The van der Waals surface area contributed by atoms with Crippen LogP contribution >= 0.6 is 0 Å². The predicted octanol–water partition coefficient (Wildman–Crippen LogP) is -4.14. The Morgan fingerprint density at radius 2 is 0.966 bits per heavy atom. The Bertz CT molecular complexity index is 564. The van der Waals surface area contributed by atoms with Crippen LogP contribution in [-0.4, -0.2) is 91.1 Å². The minimum absolute atomic E-state index is 0.296. The van der Waals surface area contributed by atoms with Crippen LogP contribution in [0.4, 0.5) is 0 Å². The molecular weight excluding hydrogens is 404 g/mol. The van der Waals surface area contributed by atoms with Crippen LogP contribution in [0.2, 0.25) is 0 Å². The van der Waals surface area contributed by atoms with E-state index >= 15 is 0 Å². The summed E-state index contributed by atoms with van der Waals surface area (Å²) in [6.07, 6.45) is -2.29. The number of carboxylic acids is 5. The molecular formula is C12H22N6O11. The van der Waals surface area contributed by atoms with Gasteiger partial charge >= 0.3 is 29.8 Å². The van der Waals surface area contributed by atoms with Crippen LogP contribution in [0.3, 0.4) is 0 Å². The van der Waals surface area contributed by atoms with E-state index in [0.717, 1.165) is 0 Å². The Balaban J connectivity index is -0.000000368. The van der Waals surface area contributed by atoms with Crippen molar-refractivity contribution in [2.45, 2.75) is 18.4 Å². The molecule has 0 atom stereocenters. The SMILES string of the molecule is N=C(N)NCC(=O)O.N=C(N)NCC(=O)O.O=C(O)CC(O)(CC(=O)O)C(=O)O. The molecule has 0 aliphatic rings. The van der Waals surface area contributed by atoms with E-state index in [1.54, 1.807) is 0 Å². The van der Waals surface area contributed by atoms with E-state index in [-0.39, 0.29) is 25.0 Å². The van der Waals surface area contributed by atoms with Crippen LogP contribution in [-0.2, 0) is 24.0 Å². The summed E-state index contributed by atoms with van der Waals surface area (Å²) in [6.45, 7) is -0.593. The second-order valence-corrected chi connectivity index (χ2v) is 4.80. The molecule has 0 fully saturated rings. The molecule has 29 heavy (non-hydrogen) atoms. The average Bonchev–Trinajstić information content (AvgIpc) is 2.50. The maximum Gasteiger partial charge on any atom is 0.336 e. The van der Waals surface area contributed by atoms with Gasteiger partial charge in [0, 0.05) is 0 Å². The summed E-state index contributed by atoms with van der Waals surface area (Å²) in [7, 11) is 0. The highest BCUT2D eigenvalue weighted by Crippen LogP contribution is 2.15. The van der Waals surface area contributed by atoms with E-state index < -0.39 is 48.3 Å². The summed E-state index contributed by atoms with van der Waals surface area (Å²) in [5.74, 6) is -7.73. The van der Waals surface area contributed by atoms with Crippen molar-refractivity contribution in [2.24, 2.45) is 11.5 Å². The maximum absolute atomic E-state index is 10.3. The fraction of sp³-hybridized carbons (Fsp3) is 0.417. The highest BCUT2D eigenvalue weighted by molar-refractivity contribution is 5.88. The van der Waals surface area contributed by atoms with Gasteiger partial charge in [-0.15, -0.1) is 0 Å². The Kier molecular flexibility index (Phi) is 15.3. The van der Waals surface area contributed by atoms with Crippen molar-refractivity contribution in [2.75, 3.05) is 13.1 Å². The molecule has 0 bridgehead atoms. The van der Waals surface area contributed by atoms with Crippen LogP contribution in [0.5, 0.6) is 0 Å². The lowest BCUT2D eigenvalue weighted by molar-refractivity contribution is -0.170. The smallest absolute Gasteiger partial charge is 0.336 e. The first kappa shape index (κ1) is 29.6. The van der Waals surface area contributed by atoms with Crippen molar-refractivity contribution in [3.8, 4) is 0 Å². The summed E-state index contributed by atoms with van der Waals surface area (Å²) in [6, 6.07) is 0. The number of carboxylic acid groups (broad SMARTS) is 5. The number of nitrogens with one attached hydrogen (secondary N) is 4. The zero-order chi connectivity index (χ0) is 23.8. The quantitative estimate of drug-likeness (QED) is 0.123. The van der Waals surface area contributed by atoms with Crippen molar-refractivity contribution in [1.29, 1.82) is 10.8 Å². The third-order valence-corrected chi connectivity index (χ3v) is 2.15. The minimum Gasteiger partial charge on any atom is -0.481 e. The number of carbonyl (C=O) groups is 5. The normalized spacial score (nSPS) is 9.28. The van der Waals surface area contributed by atoms with Gasteiger partial charge in [-0.2, -0.15) is 0 Å². The van der Waals surface area contributed by atoms with Gasteiger partial charge in [-0.05, 0) is 0 Å². The molecule has 0 aromatic carbocycles. The summed E-state index contributed by atoms with van der Waals surface area (Å²) >= 11 is 0. The lowest BCUT2D eigenvalue weighted by atomic mass is 9.96. The van der Waals surface area contributed by atoms with Crippen molar-refractivity contribution < 1.29 is 54.6 Å². The molecule has 14 N–H and O–H groups in total. The van der Waals surface area contributed by atoms with Gasteiger partial charge < -0.3 is 52.7 Å². The van der Waals surface area contributed by atoms with Gasteiger partial charge in [-0.3, -0.25) is 30.0 Å². The summed E-state index contributed by atoms with van der Waals surface area (Å²) in [5, 5.41) is 66.9. The molecule has 0 heterocycles. The van der Waals surface area contributed by atoms with Crippen molar-refractivity contribution in [3.05, 3.63) is 0 Å². The van der Waals surface area contributed by atoms with Crippen LogP contribution in [0.1, 0.15) is 12.8 Å². The number of aliphatic hydroxyl groups is 1. The molecule has 0 aromatic heterocycles. The first-order valence-corrected chi connectivity index (χ1v) is 7.02. The Morgan fingerprint density at radius 1 is 0.690 bits per heavy atom. The number of rotatable bonds is 9. The first-order valence-electron chi connectivity index (χ1n) is 7.02. The van der Waals surface area contributed by atoms with Crippen molar-refractivity contribution >= 4 is 41.8 Å². The Labute approximate surface area is 161 Å². The average molecular weight is 426 g/mol. The molecule has 0 saturated heterocycles. The van der Waals surface area contributed by atoms with E-state index in [9.17, 15) is 24.0 Å². The highest BCUT2D eigenvalue weighted by atomic mass is 16.4. The maximum atomic E-state index is 10.3. The standard InChI is InChI=1S/C6H8O7.2C3H7N3O2/c7-3(8)1-6(13,5(11)12)2-4(9)10;2*4-3(5)6-1-2(7)8/h13H,1-2H2,(H,7,8)(H,9,10)(H,11,12);2*1H2,(H,7,8)(H4,4,5,6). The van der Waals surface area contributed by atoms with Gasteiger partial charge in [-0.1, -0.05) is 0 Å². The number of nitrogens with two attached hydrogens (primary N) is 2. The van der Waals surface area contributed by atoms with Crippen LogP contribution in [0.25, 0.3) is 0 Å². The predicted molar refractivity (Wildman–Crippen MR) is 92.2 cm³/mol. The molecule has 0 unspecified atom stereocenters. The molecule has 0 radical (unpaired) electrons. The third-order valence-electron chi connectivity index (χ3n) is 2.15. The van der Waals surface area contributed by atoms with Crippen LogP contribution in [0, 0.1) is 10.8 Å². The molecule has 0 aliphatic heterocycles. The Morgan fingerprint density at radius 3 is 1.07 bits per heavy atom. The van der Waals surface area contributed by atoms with Gasteiger partial charge in [0.25, 0.3) is 0 Å². The van der Waals surface area contributed by atoms with Crippen LogP contribution < -0.4 is 22.1 Å². The summed E-state index contributed by atoms with van der Waals surface area (Å²) in [5.41, 5.74) is 6.76. The van der Waals surface area contributed by atoms with Gasteiger partial charge in [-0.25, -0.2) is 4.79 Å². The number of aliphatic carboxylic acids is 5. The topological polar surface area (TPSA) is 331 Å². The molecule has 0 saturated carbocycles. The summed E-state index contributed by atoms with van der Waals surface area (Å²) in [4.78, 5) is 49.9. The third kappa shape index (κ3) is 23.9. The zero-order valence-corrected chi connectivity index (χ0v) is 14.7. The van der Waals surface area contributed by atoms with Gasteiger partial charge in [0.05, 0.1) is 12.8 Å².